The molecule has 5 aliphatic carbocycles. The van der Waals surface area contributed by atoms with Crippen molar-refractivity contribution in [3.63, 3.8) is 0 Å². The number of cyclic esters (lactones) is 1. The molecular formula is C25H28O5S. The van der Waals surface area contributed by atoms with Gasteiger partial charge in [0.05, 0.1) is 17.4 Å². The second-order valence-electron chi connectivity index (χ2n) is 10.7. The maximum atomic E-state index is 13.8. The largest absolute Gasteiger partial charge is 0.465 e. The van der Waals surface area contributed by atoms with Gasteiger partial charge in [-0.3, -0.25) is 9.59 Å². The lowest BCUT2D eigenvalue weighted by molar-refractivity contribution is -0.254. The fraction of sp³-hybridized carbons (Fsp3) is 0.640. The van der Waals surface area contributed by atoms with Crippen LogP contribution in [0, 0.1) is 34.0 Å². The topological polar surface area (TPSA) is 69.7 Å². The predicted molar refractivity (Wildman–Crippen MR) is 114 cm³/mol. The Balaban J connectivity index is 1.50. The van der Waals surface area contributed by atoms with Gasteiger partial charge in [0.2, 0.25) is 0 Å². The van der Waals surface area contributed by atoms with E-state index in [0.29, 0.717) is 29.9 Å². The van der Waals surface area contributed by atoms with Crippen LogP contribution in [0.4, 0.5) is 0 Å². The van der Waals surface area contributed by atoms with Crippen LogP contribution in [-0.4, -0.2) is 30.4 Å². The molecule has 6 aliphatic rings. The summed E-state index contributed by atoms with van der Waals surface area (Å²) >= 11 is 1.35. The fourth-order valence-electron chi connectivity index (χ4n) is 8.22. The van der Waals surface area contributed by atoms with E-state index in [1.165, 1.54) is 11.3 Å². The Hall–Kier alpha value is -1.95. The maximum Gasteiger partial charge on any atom is 0.348 e. The quantitative estimate of drug-likeness (QED) is 0.498. The van der Waals surface area contributed by atoms with Crippen LogP contribution in [0.2, 0.25) is 0 Å². The lowest BCUT2D eigenvalue weighted by Crippen LogP contribution is -2.73. The zero-order chi connectivity index (χ0) is 21.6. The highest BCUT2D eigenvalue weighted by molar-refractivity contribution is 7.11. The van der Waals surface area contributed by atoms with E-state index in [1.54, 1.807) is 6.07 Å². The van der Waals surface area contributed by atoms with E-state index in [4.69, 9.17) is 9.47 Å². The zero-order valence-corrected chi connectivity index (χ0v) is 18.7. The van der Waals surface area contributed by atoms with Crippen molar-refractivity contribution in [3.8, 4) is 0 Å². The van der Waals surface area contributed by atoms with Crippen molar-refractivity contribution in [3.05, 3.63) is 34.5 Å². The van der Waals surface area contributed by atoms with E-state index in [9.17, 15) is 14.4 Å². The fourth-order valence-corrected chi connectivity index (χ4v) is 8.83. The van der Waals surface area contributed by atoms with Gasteiger partial charge in [-0.25, -0.2) is 4.79 Å². The van der Waals surface area contributed by atoms with Crippen molar-refractivity contribution < 1.29 is 23.9 Å². The molecule has 5 saturated carbocycles. The van der Waals surface area contributed by atoms with Crippen molar-refractivity contribution in [2.75, 3.05) is 6.61 Å². The van der Waals surface area contributed by atoms with E-state index in [2.05, 4.69) is 13.5 Å². The Labute approximate surface area is 186 Å². The van der Waals surface area contributed by atoms with Gasteiger partial charge in [-0.1, -0.05) is 26.0 Å². The summed E-state index contributed by atoms with van der Waals surface area (Å²) in [4.78, 5) is 40.8. The molecule has 0 aromatic carbocycles. The monoisotopic (exact) mass is 440 g/mol. The number of carbonyl (C=O) groups excluding carboxylic acids is 3. The molecule has 164 valence electrons. The van der Waals surface area contributed by atoms with Crippen molar-refractivity contribution in [1.82, 2.24) is 0 Å². The maximum absolute atomic E-state index is 13.8. The second-order valence-corrected chi connectivity index (χ2v) is 11.6. The molecule has 0 amide bonds. The van der Waals surface area contributed by atoms with Crippen molar-refractivity contribution in [2.45, 2.75) is 58.0 Å². The summed E-state index contributed by atoms with van der Waals surface area (Å²) < 4.78 is 12.0. The number of Topliss-reactive ketones (excluding diaryl/α,β-unsaturated/α-hetero) is 1. The summed E-state index contributed by atoms with van der Waals surface area (Å²) in [5, 5.41) is 1.86. The highest BCUT2D eigenvalue weighted by Gasteiger charge is 2.76. The van der Waals surface area contributed by atoms with E-state index >= 15 is 0 Å². The average molecular weight is 441 g/mol. The molecule has 1 spiro atoms. The van der Waals surface area contributed by atoms with Gasteiger partial charge in [0, 0.05) is 5.41 Å². The number of allylic oxidation sites excluding steroid dienone is 1. The molecule has 6 fully saturated rings. The highest BCUT2D eigenvalue weighted by Crippen LogP contribution is 2.73. The van der Waals surface area contributed by atoms with E-state index in [-0.39, 0.29) is 40.9 Å². The number of ketones is 1. The molecule has 0 radical (unpaired) electrons. The summed E-state index contributed by atoms with van der Waals surface area (Å²) in [6.45, 7) is 6.78. The summed E-state index contributed by atoms with van der Waals surface area (Å²) in [6, 6.07) is 3.60. The molecule has 31 heavy (non-hydrogen) atoms. The third kappa shape index (κ3) is 2.30. The smallest absolute Gasteiger partial charge is 0.348 e. The first kappa shape index (κ1) is 19.7. The number of rotatable bonds is 2. The van der Waals surface area contributed by atoms with Crippen molar-refractivity contribution >= 4 is 29.1 Å². The van der Waals surface area contributed by atoms with E-state index in [1.807, 2.05) is 11.4 Å². The Kier molecular flexibility index (Phi) is 4.01. The van der Waals surface area contributed by atoms with Gasteiger partial charge in [-0.15, -0.1) is 11.3 Å². The summed E-state index contributed by atoms with van der Waals surface area (Å²) in [7, 11) is 0. The number of ether oxygens (including phenoxy) is 2. The van der Waals surface area contributed by atoms with Crippen LogP contribution in [-0.2, 0) is 19.1 Å². The third-order valence-corrected chi connectivity index (χ3v) is 10.4. The van der Waals surface area contributed by atoms with Crippen LogP contribution in [0.15, 0.2) is 29.7 Å². The number of esters is 2. The summed E-state index contributed by atoms with van der Waals surface area (Å²) in [6.07, 6.45) is 5.12. The van der Waals surface area contributed by atoms with Crippen molar-refractivity contribution in [2.24, 2.45) is 34.0 Å². The zero-order valence-electron chi connectivity index (χ0n) is 17.9. The number of hydrogen-bond acceptors (Lipinski definition) is 6. The molecule has 1 aliphatic heterocycles. The number of thiophene rings is 1. The van der Waals surface area contributed by atoms with Gasteiger partial charge in [0.25, 0.3) is 0 Å². The van der Waals surface area contributed by atoms with Crippen LogP contribution in [0.3, 0.4) is 0 Å². The van der Waals surface area contributed by atoms with Crippen LogP contribution in [0.5, 0.6) is 0 Å². The normalized spacial score (nSPS) is 45.5. The molecule has 7 atom stereocenters. The van der Waals surface area contributed by atoms with Gasteiger partial charge in [0.1, 0.15) is 11.0 Å². The van der Waals surface area contributed by atoms with Gasteiger partial charge in [-0.05, 0) is 73.3 Å². The number of fused-ring (bicyclic) bond motifs is 2. The Morgan fingerprint density at radius 2 is 2.03 bits per heavy atom. The molecule has 1 aromatic rings. The third-order valence-electron chi connectivity index (χ3n) is 9.59. The molecule has 1 aromatic heterocycles. The molecule has 2 heterocycles. The van der Waals surface area contributed by atoms with Gasteiger partial charge >= 0.3 is 11.9 Å². The molecule has 5 nitrogen and oxygen atoms in total. The van der Waals surface area contributed by atoms with Crippen LogP contribution < -0.4 is 0 Å². The Bertz CT molecular complexity index is 998. The standard InChI is InChI=1S/C25H28O5S/c1-14-15-6-9-25(20(14)26)18(11-15)24-8-4-7-23(2,13-29-22(24)28)17(24)12-19(25)30-21(27)16-5-3-10-31-16/h3,5,10,15,17-19H,1,4,6-9,11-13H2,2H3/t15-,17?,18?,19+,23-,24?,25?/m0/s1. The second kappa shape index (κ2) is 6.31. The van der Waals surface area contributed by atoms with Gasteiger partial charge in [-0.2, -0.15) is 0 Å². The first-order valence-electron chi connectivity index (χ1n) is 11.5. The Morgan fingerprint density at radius 3 is 2.81 bits per heavy atom. The summed E-state index contributed by atoms with van der Waals surface area (Å²) in [5.74, 6) is -0.375. The summed E-state index contributed by atoms with van der Waals surface area (Å²) in [5.41, 5.74) is -0.939. The SMILES string of the molecule is C=C1C(=O)C23CC[C@H]1CC2C12CCC[C@@](C)(COC1=O)C2C[C@H]3OC(=O)c1cccs1. The van der Waals surface area contributed by atoms with Gasteiger partial charge in [0.15, 0.2) is 5.78 Å². The Morgan fingerprint density at radius 1 is 1.19 bits per heavy atom. The lowest BCUT2D eigenvalue weighted by Gasteiger charge is -2.69. The van der Waals surface area contributed by atoms with Crippen LogP contribution in [0.25, 0.3) is 0 Å². The predicted octanol–water partition coefficient (Wildman–Crippen LogP) is 4.57. The molecular weight excluding hydrogens is 412 g/mol. The van der Waals surface area contributed by atoms with Crippen molar-refractivity contribution in [1.29, 1.82) is 0 Å². The minimum Gasteiger partial charge on any atom is -0.465 e. The number of carbonyl (C=O) groups is 3. The van der Waals surface area contributed by atoms with E-state index in [0.717, 1.165) is 32.1 Å². The molecule has 4 bridgehead atoms. The molecule has 7 rings (SSSR count). The lowest BCUT2D eigenvalue weighted by atomic mass is 9.35. The minimum absolute atomic E-state index is 0.0301. The first-order valence-corrected chi connectivity index (χ1v) is 12.4. The molecule has 6 heteroatoms. The minimum atomic E-state index is -0.843. The highest BCUT2D eigenvalue weighted by atomic mass is 32.1. The first-order chi connectivity index (χ1) is 14.8. The molecule has 1 saturated heterocycles. The average Bonchev–Trinajstić information content (AvgIpc) is 3.30. The van der Waals surface area contributed by atoms with E-state index < -0.39 is 16.9 Å². The molecule has 4 unspecified atom stereocenters. The molecule has 0 N–H and O–H groups in total. The van der Waals surface area contributed by atoms with Crippen LogP contribution >= 0.6 is 11.3 Å². The van der Waals surface area contributed by atoms with Gasteiger partial charge < -0.3 is 9.47 Å². The van der Waals surface area contributed by atoms with Crippen LogP contribution in [0.1, 0.15) is 61.5 Å². The number of hydrogen-bond donors (Lipinski definition) is 0.